The molecule has 0 radical (unpaired) electrons. The quantitative estimate of drug-likeness (QED) is 0.795. The van der Waals surface area contributed by atoms with Crippen LogP contribution in [-0.2, 0) is 4.74 Å². The maximum absolute atomic E-state index is 14.0. The molecule has 2 aromatic rings. The molecule has 1 heterocycles. The number of hydrogen-bond acceptors (Lipinski definition) is 5. The van der Waals surface area contributed by atoms with Crippen molar-refractivity contribution in [2.45, 2.75) is 6.92 Å². The first-order valence-electron chi connectivity index (χ1n) is 5.84. The van der Waals surface area contributed by atoms with Gasteiger partial charge in [0.2, 0.25) is 0 Å². The summed E-state index contributed by atoms with van der Waals surface area (Å²) in [6.07, 6.45) is 0. The molecule has 8 heteroatoms. The fourth-order valence-corrected chi connectivity index (χ4v) is 2.73. The third-order valence-corrected chi connectivity index (χ3v) is 3.81. The van der Waals surface area contributed by atoms with Gasteiger partial charge in [-0.05, 0) is 13.0 Å². The Bertz CT molecular complexity index is 690. The summed E-state index contributed by atoms with van der Waals surface area (Å²) in [5, 5.41) is 0.0853. The summed E-state index contributed by atoms with van der Waals surface area (Å²) in [7, 11) is 1.23. The number of carbonyl (C=O) groups excluding carboxylic acids is 1. The molecule has 0 N–H and O–H groups in total. The Labute approximate surface area is 128 Å². The number of benzene rings is 1. The SMILES string of the molecule is CCOC(=O)c1nc(-c2cc(F)c(OC)cc2F)sc1Cl. The highest BCUT2D eigenvalue weighted by molar-refractivity contribution is 7.19. The highest BCUT2D eigenvalue weighted by Gasteiger charge is 2.21. The number of halogens is 3. The molecule has 0 aliphatic heterocycles. The van der Waals surface area contributed by atoms with Crippen molar-refractivity contribution in [2.24, 2.45) is 0 Å². The number of esters is 1. The van der Waals surface area contributed by atoms with E-state index in [0.29, 0.717) is 0 Å². The van der Waals surface area contributed by atoms with Crippen LogP contribution in [0.5, 0.6) is 5.75 Å². The van der Waals surface area contributed by atoms with Gasteiger partial charge < -0.3 is 9.47 Å². The van der Waals surface area contributed by atoms with Crippen LogP contribution in [0, 0.1) is 11.6 Å². The lowest BCUT2D eigenvalue weighted by Crippen LogP contribution is -2.05. The number of hydrogen-bond donors (Lipinski definition) is 0. The molecule has 0 saturated carbocycles. The average Bonchev–Trinajstić information content (AvgIpc) is 2.83. The lowest BCUT2D eigenvalue weighted by Gasteiger charge is -2.04. The number of rotatable bonds is 4. The molecule has 0 spiro atoms. The topological polar surface area (TPSA) is 48.4 Å². The molecular formula is C13H10ClF2NO3S. The predicted molar refractivity (Wildman–Crippen MR) is 75.0 cm³/mol. The van der Waals surface area contributed by atoms with Gasteiger partial charge >= 0.3 is 5.97 Å². The van der Waals surface area contributed by atoms with Crippen LogP contribution in [0.3, 0.4) is 0 Å². The number of methoxy groups -OCH3 is 1. The van der Waals surface area contributed by atoms with E-state index in [0.717, 1.165) is 23.5 Å². The Morgan fingerprint density at radius 3 is 2.71 bits per heavy atom. The molecule has 0 bridgehead atoms. The van der Waals surface area contributed by atoms with Crippen LogP contribution in [0.15, 0.2) is 12.1 Å². The fourth-order valence-electron chi connectivity index (χ4n) is 1.59. The molecule has 112 valence electrons. The van der Waals surface area contributed by atoms with Gasteiger partial charge in [-0.2, -0.15) is 0 Å². The molecule has 0 unspecified atom stereocenters. The van der Waals surface area contributed by atoms with Crippen LogP contribution in [0.2, 0.25) is 4.34 Å². The Kier molecular flexibility index (Phi) is 4.74. The number of ether oxygens (including phenoxy) is 2. The minimum atomic E-state index is -0.738. The lowest BCUT2D eigenvalue weighted by atomic mass is 10.2. The highest BCUT2D eigenvalue weighted by Crippen LogP contribution is 2.35. The summed E-state index contributed by atoms with van der Waals surface area (Å²) < 4.78 is 37.1. The van der Waals surface area contributed by atoms with E-state index in [1.165, 1.54) is 7.11 Å². The van der Waals surface area contributed by atoms with E-state index in [9.17, 15) is 13.6 Å². The first-order chi connectivity index (χ1) is 9.97. The van der Waals surface area contributed by atoms with E-state index in [4.69, 9.17) is 16.3 Å². The third kappa shape index (κ3) is 3.14. The molecular weight excluding hydrogens is 324 g/mol. The molecule has 0 aliphatic rings. The van der Waals surface area contributed by atoms with Crippen molar-refractivity contribution < 1.29 is 23.0 Å². The van der Waals surface area contributed by atoms with Crippen molar-refractivity contribution in [2.75, 3.05) is 13.7 Å². The zero-order chi connectivity index (χ0) is 15.6. The lowest BCUT2D eigenvalue weighted by molar-refractivity contribution is 0.0520. The van der Waals surface area contributed by atoms with Gasteiger partial charge in [-0.25, -0.2) is 18.6 Å². The fraction of sp³-hybridized carbons (Fsp3) is 0.231. The summed E-state index contributed by atoms with van der Waals surface area (Å²) >= 11 is 6.75. The molecule has 1 aromatic heterocycles. The van der Waals surface area contributed by atoms with Crippen molar-refractivity contribution in [3.8, 4) is 16.3 Å². The molecule has 0 fully saturated rings. The summed E-state index contributed by atoms with van der Waals surface area (Å²) in [6.45, 7) is 1.80. The van der Waals surface area contributed by atoms with E-state index in [-0.39, 0.29) is 33.0 Å². The Morgan fingerprint density at radius 2 is 2.10 bits per heavy atom. The molecule has 0 aliphatic carbocycles. The normalized spacial score (nSPS) is 10.5. The van der Waals surface area contributed by atoms with Crippen molar-refractivity contribution in [3.05, 3.63) is 33.8 Å². The van der Waals surface area contributed by atoms with Gasteiger partial charge in [-0.15, -0.1) is 11.3 Å². The first kappa shape index (κ1) is 15.7. The van der Waals surface area contributed by atoms with Crippen molar-refractivity contribution in [1.29, 1.82) is 0 Å². The molecule has 21 heavy (non-hydrogen) atoms. The van der Waals surface area contributed by atoms with Crippen molar-refractivity contribution >= 4 is 28.9 Å². The van der Waals surface area contributed by atoms with Crippen LogP contribution < -0.4 is 4.74 Å². The zero-order valence-electron chi connectivity index (χ0n) is 11.1. The maximum Gasteiger partial charge on any atom is 0.359 e. The largest absolute Gasteiger partial charge is 0.494 e. The van der Waals surface area contributed by atoms with E-state index < -0.39 is 17.6 Å². The Hall–Kier alpha value is -1.73. The Balaban J connectivity index is 2.46. The van der Waals surface area contributed by atoms with Gasteiger partial charge in [0, 0.05) is 11.6 Å². The van der Waals surface area contributed by atoms with E-state index in [1.807, 2.05) is 0 Å². The number of nitrogens with zero attached hydrogens (tertiary/aromatic N) is 1. The van der Waals surface area contributed by atoms with E-state index in [2.05, 4.69) is 9.72 Å². The van der Waals surface area contributed by atoms with Crippen LogP contribution in [0.25, 0.3) is 10.6 Å². The number of thiazole rings is 1. The summed E-state index contributed by atoms with van der Waals surface area (Å²) in [5.41, 5.74) is -0.218. The summed E-state index contributed by atoms with van der Waals surface area (Å²) in [5.74, 6) is -2.39. The monoisotopic (exact) mass is 333 g/mol. The molecule has 0 saturated heterocycles. The average molecular weight is 334 g/mol. The smallest absolute Gasteiger partial charge is 0.359 e. The van der Waals surface area contributed by atoms with Crippen LogP contribution in [0.4, 0.5) is 8.78 Å². The van der Waals surface area contributed by atoms with E-state index in [1.54, 1.807) is 6.92 Å². The van der Waals surface area contributed by atoms with Crippen molar-refractivity contribution in [3.63, 3.8) is 0 Å². The van der Waals surface area contributed by atoms with Gasteiger partial charge in [0.05, 0.1) is 13.7 Å². The zero-order valence-corrected chi connectivity index (χ0v) is 12.6. The molecule has 2 rings (SSSR count). The van der Waals surface area contributed by atoms with Crippen LogP contribution in [0.1, 0.15) is 17.4 Å². The van der Waals surface area contributed by atoms with Gasteiger partial charge in [0.1, 0.15) is 15.2 Å². The second kappa shape index (κ2) is 6.36. The molecule has 0 amide bonds. The minimum Gasteiger partial charge on any atom is -0.494 e. The van der Waals surface area contributed by atoms with Gasteiger partial charge in [-0.1, -0.05) is 11.6 Å². The first-order valence-corrected chi connectivity index (χ1v) is 7.04. The van der Waals surface area contributed by atoms with Gasteiger partial charge in [0.15, 0.2) is 17.3 Å². The second-order valence-electron chi connectivity index (χ2n) is 3.83. The van der Waals surface area contributed by atoms with E-state index >= 15 is 0 Å². The molecule has 1 aromatic carbocycles. The van der Waals surface area contributed by atoms with Gasteiger partial charge in [0.25, 0.3) is 0 Å². The Morgan fingerprint density at radius 1 is 1.38 bits per heavy atom. The van der Waals surface area contributed by atoms with Crippen LogP contribution in [-0.4, -0.2) is 24.7 Å². The summed E-state index contributed by atoms with van der Waals surface area (Å²) in [4.78, 5) is 15.5. The van der Waals surface area contributed by atoms with Crippen LogP contribution >= 0.6 is 22.9 Å². The third-order valence-electron chi connectivity index (χ3n) is 2.53. The second-order valence-corrected chi connectivity index (χ2v) is 5.43. The van der Waals surface area contributed by atoms with Gasteiger partial charge in [-0.3, -0.25) is 0 Å². The number of aromatic nitrogens is 1. The molecule has 4 nitrogen and oxygen atoms in total. The highest BCUT2D eigenvalue weighted by atomic mass is 35.5. The molecule has 0 atom stereocenters. The summed E-state index contributed by atoms with van der Waals surface area (Å²) in [6, 6.07) is 1.85. The predicted octanol–water partition coefficient (Wildman–Crippen LogP) is 3.93. The standard InChI is InChI=1S/C13H10ClF2NO3S/c1-3-20-13(18)10-11(14)21-12(17-10)6-4-8(16)9(19-2)5-7(6)15/h4-5H,3H2,1-2H3. The van der Waals surface area contributed by atoms with Crippen molar-refractivity contribution in [1.82, 2.24) is 4.98 Å². The maximum atomic E-state index is 14.0. The minimum absolute atomic E-state index is 0.0547. The number of carbonyl (C=O) groups is 1.